The lowest BCUT2D eigenvalue weighted by Gasteiger charge is -2.24. The molecule has 1 aliphatic carbocycles. The summed E-state index contributed by atoms with van der Waals surface area (Å²) in [5, 5.41) is 3.35. The Balaban J connectivity index is 1.83. The summed E-state index contributed by atoms with van der Waals surface area (Å²) in [5.41, 5.74) is 2.55. The van der Waals surface area contributed by atoms with Gasteiger partial charge in [0.2, 0.25) is 5.91 Å². The predicted octanol–water partition coefficient (Wildman–Crippen LogP) is 4.46. The number of carbonyl (C=O) groups excluding carboxylic acids is 1. The summed E-state index contributed by atoms with van der Waals surface area (Å²) in [6.07, 6.45) is 6.47. The quantitative estimate of drug-likeness (QED) is 0.657. The van der Waals surface area contributed by atoms with Crippen LogP contribution < -0.4 is 9.62 Å². The fourth-order valence-corrected chi connectivity index (χ4v) is 4.77. The first-order valence-corrected chi connectivity index (χ1v) is 11.5. The number of benzene rings is 2. The lowest BCUT2D eigenvalue weighted by molar-refractivity contribution is -0.119. The van der Waals surface area contributed by atoms with Gasteiger partial charge in [0.15, 0.2) is 0 Å². The third kappa shape index (κ3) is 5.61. The molecule has 5 nitrogen and oxygen atoms in total. The van der Waals surface area contributed by atoms with Crippen LogP contribution in [0.3, 0.4) is 0 Å². The number of nitrogens with one attached hydrogen (secondary N) is 1. The molecule has 2 aromatic rings. The summed E-state index contributed by atoms with van der Waals surface area (Å²) in [6.45, 7) is 2.05. The van der Waals surface area contributed by atoms with Gasteiger partial charge in [-0.05, 0) is 69.0 Å². The van der Waals surface area contributed by atoms with Crippen molar-refractivity contribution in [1.29, 1.82) is 0 Å². The Morgan fingerprint density at radius 3 is 2.38 bits per heavy atom. The molecular weight excluding hydrogens is 408 g/mol. The highest BCUT2D eigenvalue weighted by Gasteiger charge is 2.27. The SMILES string of the molecule is Cc1ccc(S(=O)(=O)N(CC(=O)NCC2=CCCCC2)c2ccc(Cl)cc2)cc1. The molecule has 7 heteroatoms. The van der Waals surface area contributed by atoms with Crippen molar-refractivity contribution in [3.63, 3.8) is 0 Å². The van der Waals surface area contributed by atoms with Crippen molar-refractivity contribution in [3.05, 3.63) is 70.8 Å². The lowest BCUT2D eigenvalue weighted by atomic mass is 10.00. The first-order chi connectivity index (χ1) is 13.9. The number of amides is 1. The van der Waals surface area contributed by atoms with E-state index in [1.807, 2.05) is 6.92 Å². The maximum atomic E-state index is 13.3. The standard InChI is InChI=1S/C22H25ClN2O3S/c1-17-7-13-21(14-8-17)29(27,28)25(20-11-9-19(23)10-12-20)16-22(26)24-15-18-5-3-2-4-6-18/h5,7-14H,2-4,6,15-16H2,1H3,(H,24,26). The Bertz CT molecular complexity index is 984. The number of hydrogen-bond donors (Lipinski definition) is 1. The molecule has 0 aromatic heterocycles. The van der Waals surface area contributed by atoms with Gasteiger partial charge < -0.3 is 5.32 Å². The van der Waals surface area contributed by atoms with E-state index >= 15 is 0 Å². The average molecular weight is 433 g/mol. The van der Waals surface area contributed by atoms with E-state index in [4.69, 9.17) is 11.6 Å². The van der Waals surface area contributed by atoms with Crippen molar-refractivity contribution < 1.29 is 13.2 Å². The van der Waals surface area contributed by atoms with Crippen LogP contribution in [0.1, 0.15) is 31.2 Å². The van der Waals surface area contributed by atoms with E-state index in [-0.39, 0.29) is 17.3 Å². The Kier molecular flexibility index (Phi) is 6.98. The molecule has 1 amide bonds. The third-order valence-electron chi connectivity index (χ3n) is 4.91. The number of allylic oxidation sites excluding steroid dienone is 1. The summed E-state index contributed by atoms with van der Waals surface area (Å²) >= 11 is 5.95. The zero-order valence-electron chi connectivity index (χ0n) is 16.4. The van der Waals surface area contributed by atoms with Gasteiger partial charge in [-0.25, -0.2) is 8.42 Å². The van der Waals surface area contributed by atoms with E-state index in [1.165, 1.54) is 12.0 Å². The van der Waals surface area contributed by atoms with E-state index in [0.717, 1.165) is 29.1 Å². The number of halogens is 1. The van der Waals surface area contributed by atoms with Crippen molar-refractivity contribution in [2.75, 3.05) is 17.4 Å². The smallest absolute Gasteiger partial charge is 0.264 e. The molecule has 0 radical (unpaired) electrons. The Morgan fingerprint density at radius 1 is 1.07 bits per heavy atom. The molecule has 1 N–H and O–H groups in total. The first kappa shape index (κ1) is 21.4. The highest BCUT2D eigenvalue weighted by molar-refractivity contribution is 7.92. The number of hydrogen-bond acceptors (Lipinski definition) is 3. The van der Waals surface area contributed by atoms with Crippen molar-refractivity contribution in [3.8, 4) is 0 Å². The van der Waals surface area contributed by atoms with Crippen LogP contribution in [0.4, 0.5) is 5.69 Å². The number of carbonyl (C=O) groups is 1. The van der Waals surface area contributed by atoms with Crippen molar-refractivity contribution >= 4 is 33.2 Å². The molecule has 154 valence electrons. The molecule has 1 aliphatic rings. The van der Waals surface area contributed by atoms with Crippen LogP contribution in [0.25, 0.3) is 0 Å². The Morgan fingerprint density at radius 2 is 1.76 bits per heavy atom. The van der Waals surface area contributed by atoms with Gasteiger partial charge in [0.1, 0.15) is 6.54 Å². The number of anilines is 1. The third-order valence-corrected chi connectivity index (χ3v) is 6.95. The summed E-state index contributed by atoms with van der Waals surface area (Å²) < 4.78 is 27.7. The maximum Gasteiger partial charge on any atom is 0.264 e. The molecule has 0 unspecified atom stereocenters. The number of sulfonamides is 1. The van der Waals surface area contributed by atoms with E-state index in [1.54, 1.807) is 48.5 Å². The molecule has 0 atom stereocenters. The molecular formula is C22H25ClN2O3S. The van der Waals surface area contributed by atoms with Crippen molar-refractivity contribution in [2.45, 2.75) is 37.5 Å². The molecule has 0 fully saturated rings. The number of nitrogens with zero attached hydrogens (tertiary/aromatic N) is 1. The molecule has 0 heterocycles. The Labute approximate surface area is 177 Å². The minimum absolute atomic E-state index is 0.140. The summed E-state index contributed by atoms with van der Waals surface area (Å²) in [4.78, 5) is 12.7. The second kappa shape index (κ2) is 9.46. The number of aryl methyl sites for hydroxylation is 1. The van der Waals surface area contributed by atoms with E-state index in [2.05, 4.69) is 11.4 Å². The normalized spacial score (nSPS) is 14.2. The van der Waals surface area contributed by atoms with Gasteiger partial charge in [-0.1, -0.05) is 40.9 Å². The van der Waals surface area contributed by atoms with Crippen LogP contribution in [0.5, 0.6) is 0 Å². The van der Waals surface area contributed by atoms with Crippen molar-refractivity contribution in [1.82, 2.24) is 5.32 Å². The average Bonchev–Trinajstić information content (AvgIpc) is 2.72. The van der Waals surface area contributed by atoms with Gasteiger partial charge in [-0.3, -0.25) is 9.10 Å². The van der Waals surface area contributed by atoms with Gasteiger partial charge in [-0.2, -0.15) is 0 Å². The van der Waals surface area contributed by atoms with Gasteiger partial charge in [0.25, 0.3) is 10.0 Å². The minimum atomic E-state index is -3.91. The van der Waals surface area contributed by atoms with Gasteiger partial charge in [0.05, 0.1) is 10.6 Å². The van der Waals surface area contributed by atoms with Crippen LogP contribution in [0.15, 0.2) is 65.1 Å². The van der Waals surface area contributed by atoms with Gasteiger partial charge in [0, 0.05) is 11.6 Å². The van der Waals surface area contributed by atoms with Gasteiger partial charge in [-0.15, -0.1) is 0 Å². The zero-order valence-corrected chi connectivity index (χ0v) is 18.0. The summed E-state index contributed by atoms with van der Waals surface area (Å²) in [5.74, 6) is -0.345. The zero-order chi connectivity index (χ0) is 20.9. The van der Waals surface area contributed by atoms with Crippen LogP contribution >= 0.6 is 11.6 Å². The highest BCUT2D eigenvalue weighted by Crippen LogP contribution is 2.25. The number of rotatable bonds is 7. The molecule has 0 spiro atoms. The predicted molar refractivity (Wildman–Crippen MR) is 117 cm³/mol. The van der Waals surface area contributed by atoms with Crippen LogP contribution in [0, 0.1) is 6.92 Å². The topological polar surface area (TPSA) is 66.5 Å². The largest absolute Gasteiger partial charge is 0.351 e. The van der Waals surface area contributed by atoms with Crippen molar-refractivity contribution in [2.24, 2.45) is 0 Å². The van der Waals surface area contributed by atoms with Gasteiger partial charge >= 0.3 is 0 Å². The Hall–Kier alpha value is -2.31. The molecule has 2 aromatic carbocycles. The lowest BCUT2D eigenvalue weighted by Crippen LogP contribution is -2.41. The van der Waals surface area contributed by atoms with E-state index < -0.39 is 10.0 Å². The van der Waals surface area contributed by atoms with Crippen LogP contribution in [0.2, 0.25) is 5.02 Å². The molecule has 0 bridgehead atoms. The molecule has 0 aliphatic heterocycles. The summed E-state index contributed by atoms with van der Waals surface area (Å²) in [6, 6.07) is 13.0. The van der Waals surface area contributed by atoms with Crippen LogP contribution in [-0.2, 0) is 14.8 Å². The molecule has 0 saturated carbocycles. The minimum Gasteiger partial charge on any atom is -0.351 e. The second-order valence-corrected chi connectivity index (χ2v) is 9.48. The maximum absolute atomic E-state index is 13.3. The van der Waals surface area contributed by atoms with E-state index in [9.17, 15) is 13.2 Å². The van der Waals surface area contributed by atoms with Crippen LogP contribution in [-0.4, -0.2) is 27.4 Å². The monoisotopic (exact) mass is 432 g/mol. The summed E-state index contributed by atoms with van der Waals surface area (Å²) in [7, 11) is -3.91. The molecule has 29 heavy (non-hydrogen) atoms. The second-order valence-electron chi connectivity index (χ2n) is 7.19. The fraction of sp³-hybridized carbons (Fsp3) is 0.318. The molecule has 3 rings (SSSR count). The first-order valence-electron chi connectivity index (χ1n) is 9.66. The molecule has 0 saturated heterocycles. The highest BCUT2D eigenvalue weighted by atomic mass is 35.5. The van der Waals surface area contributed by atoms with E-state index in [0.29, 0.717) is 17.3 Å². The fourth-order valence-electron chi connectivity index (χ4n) is 3.22.